The molecule has 0 saturated heterocycles. The monoisotopic (exact) mass is 535 g/mol. The molecule has 10 heteroatoms. The smallest absolute Gasteiger partial charge is 0.324 e. The van der Waals surface area contributed by atoms with Gasteiger partial charge in [0.05, 0.1) is 11.4 Å². The number of anilines is 2. The summed E-state index contributed by atoms with van der Waals surface area (Å²) in [6.07, 6.45) is 5.06. The number of carbonyl (C=O) groups excluding carboxylic acids is 2. The highest BCUT2D eigenvalue weighted by Gasteiger charge is 2.22. The Kier molecular flexibility index (Phi) is 7.15. The Morgan fingerprint density at radius 3 is 2.40 bits per heavy atom. The largest absolute Gasteiger partial charge is 0.457 e. The Morgan fingerprint density at radius 2 is 1.65 bits per heavy atom. The van der Waals surface area contributed by atoms with Crippen LogP contribution in [0.4, 0.5) is 16.3 Å². The number of nitrogens with zero attached hydrogens (tertiary/aromatic N) is 4. The number of pyridine rings is 2. The first-order valence-corrected chi connectivity index (χ1v) is 12.7. The summed E-state index contributed by atoms with van der Waals surface area (Å²) < 4.78 is 7.57. The van der Waals surface area contributed by atoms with Crippen molar-refractivity contribution in [2.75, 3.05) is 17.7 Å². The van der Waals surface area contributed by atoms with Crippen molar-refractivity contribution < 1.29 is 14.3 Å². The highest BCUT2D eigenvalue weighted by Crippen LogP contribution is 2.28. The fourth-order valence-corrected chi connectivity index (χ4v) is 3.98. The average Bonchev–Trinajstić information content (AvgIpc) is 3.38. The second-order valence-electron chi connectivity index (χ2n) is 10.1. The van der Waals surface area contributed by atoms with E-state index in [1.807, 2.05) is 36.5 Å². The van der Waals surface area contributed by atoms with Gasteiger partial charge < -0.3 is 15.4 Å². The summed E-state index contributed by atoms with van der Waals surface area (Å²) in [6, 6.07) is 19.5. The number of nitrogens with one attached hydrogen (secondary N) is 3. The predicted molar refractivity (Wildman–Crippen MR) is 154 cm³/mol. The van der Waals surface area contributed by atoms with E-state index >= 15 is 0 Å². The summed E-state index contributed by atoms with van der Waals surface area (Å²) in [5, 5.41) is 15.2. The number of amides is 3. The number of benzene rings is 2. The molecule has 0 saturated carbocycles. The number of urea groups is 1. The molecular weight excluding hydrogens is 506 g/mol. The topological polar surface area (TPSA) is 123 Å². The van der Waals surface area contributed by atoms with Crippen LogP contribution in [-0.4, -0.2) is 38.7 Å². The molecule has 0 spiro atoms. The molecule has 0 aliphatic heterocycles. The van der Waals surface area contributed by atoms with Crippen molar-refractivity contribution >= 4 is 34.2 Å². The van der Waals surface area contributed by atoms with Gasteiger partial charge in [0.15, 0.2) is 0 Å². The molecule has 3 heterocycles. The van der Waals surface area contributed by atoms with Gasteiger partial charge in [-0.25, -0.2) is 9.48 Å². The van der Waals surface area contributed by atoms with Crippen LogP contribution in [0.2, 0.25) is 0 Å². The molecule has 2 aromatic carbocycles. The Bertz CT molecular complexity index is 1690. The third kappa shape index (κ3) is 5.91. The number of hydrogen-bond acceptors (Lipinski definition) is 6. The van der Waals surface area contributed by atoms with Crippen LogP contribution in [-0.2, 0) is 5.41 Å². The van der Waals surface area contributed by atoms with Gasteiger partial charge in [-0.2, -0.15) is 5.10 Å². The van der Waals surface area contributed by atoms with Crippen molar-refractivity contribution in [1.29, 1.82) is 0 Å². The standard InChI is InChI=1S/C30H29N7O3/c1-30(2,3)26-17-27(37(36-26)22-8-5-20-18-32-13-11-19(20)15-22)35-29(39)34-21-6-9-23(10-7-21)40-24-12-14-33-25(16-24)28(38)31-4/h5-18H,1-4H3,(H,31,38)(H2,34,35,39). The maximum atomic E-state index is 13.0. The number of ether oxygens (including phenoxy) is 1. The summed E-state index contributed by atoms with van der Waals surface area (Å²) in [7, 11) is 1.54. The summed E-state index contributed by atoms with van der Waals surface area (Å²) in [4.78, 5) is 33.0. The molecule has 0 aliphatic rings. The van der Waals surface area contributed by atoms with E-state index in [1.165, 1.54) is 13.2 Å². The molecule has 10 nitrogen and oxygen atoms in total. The maximum Gasteiger partial charge on any atom is 0.324 e. The second kappa shape index (κ2) is 10.9. The minimum absolute atomic E-state index is 0.218. The third-order valence-corrected chi connectivity index (χ3v) is 6.13. The zero-order valence-electron chi connectivity index (χ0n) is 22.6. The van der Waals surface area contributed by atoms with Crippen molar-refractivity contribution in [2.45, 2.75) is 26.2 Å². The lowest BCUT2D eigenvalue weighted by Gasteiger charge is -2.14. The highest BCUT2D eigenvalue weighted by molar-refractivity contribution is 5.99. The average molecular weight is 536 g/mol. The Morgan fingerprint density at radius 1 is 0.850 bits per heavy atom. The molecule has 0 aliphatic carbocycles. The van der Waals surface area contributed by atoms with Gasteiger partial charge in [0, 0.05) is 54.3 Å². The molecule has 3 N–H and O–H groups in total. The Hall–Kier alpha value is -5.25. The molecule has 5 aromatic rings. The minimum Gasteiger partial charge on any atom is -0.457 e. The molecule has 0 radical (unpaired) electrons. The Balaban J connectivity index is 1.31. The third-order valence-electron chi connectivity index (χ3n) is 6.13. The molecule has 0 bridgehead atoms. The van der Waals surface area contributed by atoms with E-state index in [2.05, 4.69) is 46.7 Å². The summed E-state index contributed by atoms with van der Waals surface area (Å²) in [5.74, 6) is 1.25. The zero-order valence-corrected chi connectivity index (χ0v) is 22.6. The number of hydrogen-bond donors (Lipinski definition) is 3. The predicted octanol–water partition coefficient (Wildman–Crippen LogP) is 5.91. The minimum atomic E-state index is -0.412. The van der Waals surface area contributed by atoms with E-state index in [9.17, 15) is 9.59 Å². The summed E-state index contributed by atoms with van der Waals surface area (Å²) in [6.45, 7) is 6.22. The lowest BCUT2D eigenvalue weighted by atomic mass is 9.92. The molecule has 0 unspecified atom stereocenters. The van der Waals surface area contributed by atoms with Crippen LogP contribution in [0.15, 0.2) is 85.3 Å². The van der Waals surface area contributed by atoms with Crippen LogP contribution in [0.3, 0.4) is 0 Å². The first-order chi connectivity index (χ1) is 19.2. The van der Waals surface area contributed by atoms with Gasteiger partial charge in [-0.15, -0.1) is 0 Å². The molecule has 3 aromatic heterocycles. The quantitative estimate of drug-likeness (QED) is 0.248. The van der Waals surface area contributed by atoms with Gasteiger partial charge in [-0.05, 0) is 53.9 Å². The lowest BCUT2D eigenvalue weighted by Crippen LogP contribution is -2.21. The van der Waals surface area contributed by atoms with E-state index in [4.69, 9.17) is 9.84 Å². The molecule has 202 valence electrons. The molecule has 5 rings (SSSR count). The summed E-state index contributed by atoms with van der Waals surface area (Å²) in [5.41, 5.74) is 2.27. The van der Waals surface area contributed by atoms with Crippen LogP contribution in [0, 0.1) is 0 Å². The molecule has 3 amide bonds. The maximum absolute atomic E-state index is 13.0. The summed E-state index contributed by atoms with van der Waals surface area (Å²) >= 11 is 0. The van der Waals surface area contributed by atoms with Crippen molar-refractivity contribution in [3.8, 4) is 17.2 Å². The number of rotatable bonds is 6. The molecule has 40 heavy (non-hydrogen) atoms. The van der Waals surface area contributed by atoms with E-state index in [1.54, 1.807) is 47.3 Å². The van der Waals surface area contributed by atoms with Gasteiger partial charge in [0.2, 0.25) is 0 Å². The van der Waals surface area contributed by atoms with Crippen molar-refractivity contribution in [2.24, 2.45) is 0 Å². The highest BCUT2D eigenvalue weighted by atomic mass is 16.5. The van der Waals surface area contributed by atoms with Gasteiger partial charge in [-0.3, -0.25) is 20.1 Å². The molecule has 0 fully saturated rings. The van der Waals surface area contributed by atoms with E-state index < -0.39 is 6.03 Å². The number of aromatic nitrogens is 4. The lowest BCUT2D eigenvalue weighted by molar-refractivity contribution is 0.0957. The first kappa shape index (κ1) is 26.4. The SMILES string of the molecule is CNC(=O)c1cc(Oc2ccc(NC(=O)Nc3cc(C(C)(C)C)nn3-c3ccc4cnccc4c3)cc2)ccn1. The molecule has 0 atom stereocenters. The van der Waals surface area contributed by atoms with Gasteiger partial charge in [0.1, 0.15) is 23.0 Å². The van der Waals surface area contributed by atoms with Gasteiger partial charge in [-0.1, -0.05) is 26.8 Å². The normalized spacial score (nSPS) is 11.2. The van der Waals surface area contributed by atoms with Gasteiger partial charge in [0.25, 0.3) is 5.91 Å². The fraction of sp³-hybridized carbons (Fsp3) is 0.167. The van der Waals surface area contributed by atoms with E-state index in [0.29, 0.717) is 23.0 Å². The number of carbonyl (C=O) groups is 2. The van der Waals surface area contributed by atoms with Crippen molar-refractivity contribution in [3.63, 3.8) is 0 Å². The van der Waals surface area contributed by atoms with Crippen LogP contribution in [0.25, 0.3) is 16.5 Å². The van der Waals surface area contributed by atoms with Crippen LogP contribution in [0.5, 0.6) is 11.5 Å². The fourth-order valence-electron chi connectivity index (χ4n) is 3.98. The van der Waals surface area contributed by atoms with Crippen LogP contribution in [0.1, 0.15) is 37.0 Å². The van der Waals surface area contributed by atoms with Gasteiger partial charge >= 0.3 is 6.03 Å². The molecular formula is C30H29N7O3. The number of fused-ring (bicyclic) bond motifs is 1. The zero-order chi connectivity index (χ0) is 28.3. The van der Waals surface area contributed by atoms with Crippen LogP contribution < -0.4 is 20.7 Å². The van der Waals surface area contributed by atoms with E-state index in [0.717, 1.165) is 22.2 Å². The Labute approximate surface area is 231 Å². The second-order valence-corrected chi connectivity index (χ2v) is 10.1. The van der Waals surface area contributed by atoms with Crippen molar-refractivity contribution in [3.05, 3.63) is 96.7 Å². The van der Waals surface area contributed by atoms with E-state index in [-0.39, 0.29) is 17.0 Å². The first-order valence-electron chi connectivity index (χ1n) is 12.7. The van der Waals surface area contributed by atoms with Crippen molar-refractivity contribution in [1.82, 2.24) is 25.1 Å². The van der Waals surface area contributed by atoms with Crippen LogP contribution >= 0.6 is 0 Å².